The van der Waals surface area contributed by atoms with E-state index in [1.807, 2.05) is 20.8 Å². The summed E-state index contributed by atoms with van der Waals surface area (Å²) in [6, 6.07) is 6.46. The molecule has 34 heavy (non-hydrogen) atoms. The molecule has 2 aliphatic heterocycles. The second kappa shape index (κ2) is 8.45. The Bertz CT molecular complexity index is 1280. The Kier molecular flexibility index (Phi) is 5.70. The van der Waals surface area contributed by atoms with Gasteiger partial charge in [0.15, 0.2) is 17.2 Å². The van der Waals surface area contributed by atoms with Gasteiger partial charge in [-0.1, -0.05) is 11.6 Å². The predicted molar refractivity (Wildman–Crippen MR) is 121 cm³/mol. The van der Waals surface area contributed by atoms with Crippen LogP contribution >= 0.6 is 11.6 Å². The van der Waals surface area contributed by atoms with Crippen LogP contribution in [0.15, 0.2) is 30.6 Å². The summed E-state index contributed by atoms with van der Waals surface area (Å²) in [5.41, 5.74) is 1.73. The summed E-state index contributed by atoms with van der Waals surface area (Å²) < 4.78 is 33.2. The summed E-state index contributed by atoms with van der Waals surface area (Å²) in [5.74, 6) is -1.26. The van der Waals surface area contributed by atoms with E-state index in [2.05, 4.69) is 21.4 Å². The number of pyridine rings is 2. The van der Waals surface area contributed by atoms with Crippen LogP contribution in [0.4, 0.5) is 10.1 Å². The molecule has 5 heterocycles. The van der Waals surface area contributed by atoms with Gasteiger partial charge in [0.05, 0.1) is 30.2 Å². The van der Waals surface area contributed by atoms with Crippen molar-refractivity contribution in [2.24, 2.45) is 0 Å². The van der Waals surface area contributed by atoms with E-state index in [-0.39, 0.29) is 23.4 Å². The number of nitrogens with zero attached hydrogens (tertiary/aromatic N) is 4. The van der Waals surface area contributed by atoms with Gasteiger partial charge in [-0.15, -0.1) is 0 Å². The monoisotopic (exact) mass is 487 g/mol. The molecule has 0 spiro atoms. The maximum atomic E-state index is 13.3. The first kappa shape index (κ1) is 23.0. The van der Waals surface area contributed by atoms with Crippen LogP contribution in [0.3, 0.4) is 0 Å². The highest BCUT2D eigenvalue weighted by Gasteiger charge is 2.55. The second-order valence-electron chi connectivity index (χ2n) is 8.80. The summed E-state index contributed by atoms with van der Waals surface area (Å²) in [5, 5.41) is 23.5. The number of nitrogens with one attached hydrogen (secondary N) is 1. The molecule has 5 rings (SSSR count). The molecular weight excluding hydrogens is 465 g/mol. The Hall–Kier alpha value is -2.81. The first-order chi connectivity index (χ1) is 16.2. The summed E-state index contributed by atoms with van der Waals surface area (Å²) in [4.78, 5) is 8.59. The molecule has 0 amide bonds. The van der Waals surface area contributed by atoms with E-state index in [9.17, 15) is 14.8 Å². The molecule has 9 nitrogen and oxygen atoms in total. The number of halogens is 2. The molecule has 0 saturated carbocycles. The molecule has 2 saturated heterocycles. The normalized spacial score (nSPS) is 26.4. The zero-order valence-electron chi connectivity index (χ0n) is 18.7. The van der Waals surface area contributed by atoms with Gasteiger partial charge in [-0.3, -0.25) is 4.98 Å². The van der Waals surface area contributed by atoms with Crippen molar-refractivity contribution in [2.75, 3.05) is 11.9 Å². The minimum Gasteiger partial charge on any atom is -0.394 e. The largest absolute Gasteiger partial charge is 0.394 e. The van der Waals surface area contributed by atoms with Gasteiger partial charge in [-0.25, -0.2) is 9.37 Å². The van der Waals surface area contributed by atoms with Gasteiger partial charge in [-0.2, -0.15) is 5.26 Å². The molecule has 2 aliphatic rings. The number of hydrogen-bond acceptors (Lipinski definition) is 8. The van der Waals surface area contributed by atoms with Crippen molar-refractivity contribution in [1.82, 2.24) is 14.5 Å². The van der Waals surface area contributed by atoms with E-state index in [1.54, 1.807) is 22.9 Å². The van der Waals surface area contributed by atoms with Crippen LogP contribution < -0.4 is 5.32 Å². The Balaban J connectivity index is 1.56. The minimum absolute atomic E-state index is 0.0221. The number of hydrogen-bond donors (Lipinski definition) is 2. The fraction of sp³-hybridized carbons (Fsp3) is 0.435. The Morgan fingerprint density at radius 1 is 1.32 bits per heavy atom. The zero-order chi connectivity index (χ0) is 24.2. The average Bonchev–Trinajstić information content (AvgIpc) is 3.44. The minimum atomic E-state index is -0.822. The Morgan fingerprint density at radius 2 is 2.09 bits per heavy atom. The highest BCUT2D eigenvalue weighted by atomic mass is 35.5. The number of aliphatic hydroxyl groups excluding tert-OH is 1. The first-order valence-corrected chi connectivity index (χ1v) is 11.2. The number of aromatic nitrogens is 3. The summed E-state index contributed by atoms with van der Waals surface area (Å²) in [6.07, 6.45) is 0.807. The van der Waals surface area contributed by atoms with Crippen LogP contribution in [0.1, 0.15) is 44.3 Å². The molecule has 0 unspecified atom stereocenters. The summed E-state index contributed by atoms with van der Waals surface area (Å²) >= 11 is 6.42. The summed E-state index contributed by atoms with van der Waals surface area (Å²) in [7, 11) is 0. The smallest absolute Gasteiger partial charge is 0.164 e. The lowest BCUT2D eigenvalue weighted by Gasteiger charge is -2.24. The van der Waals surface area contributed by atoms with Gasteiger partial charge in [0.25, 0.3) is 0 Å². The van der Waals surface area contributed by atoms with Crippen molar-refractivity contribution in [1.29, 1.82) is 5.26 Å². The average molecular weight is 488 g/mol. The van der Waals surface area contributed by atoms with Gasteiger partial charge in [-0.05, 0) is 39.0 Å². The Labute approximate surface area is 200 Å². The lowest BCUT2D eigenvalue weighted by Crippen LogP contribution is -2.31. The van der Waals surface area contributed by atoms with Gasteiger partial charge in [0, 0.05) is 11.6 Å². The van der Waals surface area contributed by atoms with Crippen LogP contribution in [-0.2, 0) is 14.2 Å². The molecule has 3 aromatic rings. The fourth-order valence-electron chi connectivity index (χ4n) is 4.56. The third-order valence-electron chi connectivity index (χ3n) is 6.06. The number of ether oxygens (including phenoxy) is 3. The quantitative estimate of drug-likeness (QED) is 0.524. The molecule has 178 valence electrons. The molecule has 0 aliphatic carbocycles. The van der Waals surface area contributed by atoms with Crippen molar-refractivity contribution < 1.29 is 23.7 Å². The number of anilines is 1. The van der Waals surface area contributed by atoms with Crippen LogP contribution in [0.25, 0.3) is 11.0 Å². The van der Waals surface area contributed by atoms with Crippen molar-refractivity contribution in [2.45, 2.75) is 57.1 Å². The maximum Gasteiger partial charge on any atom is 0.164 e. The number of rotatable bonds is 5. The lowest BCUT2D eigenvalue weighted by molar-refractivity contribution is -0.199. The van der Waals surface area contributed by atoms with Crippen LogP contribution in [0.2, 0.25) is 5.15 Å². The Morgan fingerprint density at radius 3 is 2.76 bits per heavy atom. The van der Waals surface area contributed by atoms with Gasteiger partial charge < -0.3 is 29.2 Å². The highest BCUT2D eigenvalue weighted by molar-refractivity contribution is 6.31. The van der Waals surface area contributed by atoms with E-state index in [0.717, 1.165) is 6.20 Å². The number of aliphatic hydroxyl groups is 1. The van der Waals surface area contributed by atoms with Crippen molar-refractivity contribution in [3.8, 4) is 6.07 Å². The highest BCUT2D eigenvalue weighted by Crippen LogP contribution is 2.44. The van der Waals surface area contributed by atoms with Gasteiger partial charge >= 0.3 is 0 Å². The van der Waals surface area contributed by atoms with E-state index in [0.29, 0.717) is 22.4 Å². The maximum absolute atomic E-state index is 13.3. The summed E-state index contributed by atoms with van der Waals surface area (Å²) in [6.45, 7) is 5.25. The molecule has 5 atom stereocenters. The zero-order valence-corrected chi connectivity index (χ0v) is 19.5. The molecule has 0 bridgehead atoms. The first-order valence-electron chi connectivity index (χ1n) is 10.8. The third kappa shape index (κ3) is 3.79. The van der Waals surface area contributed by atoms with Crippen LogP contribution in [-0.4, -0.2) is 50.3 Å². The molecule has 3 aromatic heterocycles. The van der Waals surface area contributed by atoms with E-state index in [1.165, 1.54) is 6.07 Å². The molecule has 2 fully saturated rings. The van der Waals surface area contributed by atoms with E-state index < -0.39 is 36.1 Å². The number of nitriles is 1. The predicted octanol–water partition coefficient (Wildman–Crippen LogP) is 3.68. The molecule has 0 aromatic carbocycles. The van der Waals surface area contributed by atoms with E-state index >= 15 is 0 Å². The molecule has 2 N–H and O–H groups in total. The van der Waals surface area contributed by atoms with Gasteiger partial charge in [0.2, 0.25) is 0 Å². The van der Waals surface area contributed by atoms with Crippen molar-refractivity contribution in [3.63, 3.8) is 0 Å². The molecule has 11 heteroatoms. The standard InChI is InChI=1S/C23H23ClFN5O4/c1-11(15-5-4-12(25)9-27-15)28-17-13-6-7-30(21(13)29-20(24)14(17)8-26)22-19-18(16(10-31)32-22)33-23(2,3)34-19/h4-7,9,11,16,18-19,22,31H,10H2,1-3H3,(H,28,29)/t11-,16-,18-,19-,22-/m1/s1. The van der Waals surface area contributed by atoms with Crippen molar-refractivity contribution in [3.05, 3.63) is 52.8 Å². The van der Waals surface area contributed by atoms with Crippen molar-refractivity contribution >= 4 is 28.3 Å². The number of fused-ring (bicyclic) bond motifs is 2. The third-order valence-corrected chi connectivity index (χ3v) is 6.34. The SMILES string of the molecule is C[C@@H](Nc1c(C#N)c(Cl)nc2c1ccn2[C@@H]1O[C@H](CO)[C@H]2OC(C)(C)O[C@H]21)c1ccc(F)cn1. The van der Waals surface area contributed by atoms with E-state index in [4.69, 9.17) is 25.8 Å². The van der Waals surface area contributed by atoms with Crippen LogP contribution in [0.5, 0.6) is 0 Å². The van der Waals surface area contributed by atoms with Gasteiger partial charge in [0.1, 0.15) is 41.4 Å². The molecule has 0 radical (unpaired) electrons. The fourth-order valence-corrected chi connectivity index (χ4v) is 4.78. The molecular formula is C23H23ClFN5O4. The topological polar surface area (TPSA) is 114 Å². The van der Waals surface area contributed by atoms with Crippen LogP contribution in [0, 0.1) is 17.1 Å². The second-order valence-corrected chi connectivity index (χ2v) is 9.16. The lowest BCUT2D eigenvalue weighted by atomic mass is 10.1.